The van der Waals surface area contributed by atoms with E-state index in [1.165, 1.54) is 11.4 Å². The average molecular weight is 247 g/mol. The molecule has 0 spiro atoms. The molecule has 2 aliphatic rings. The molecule has 1 aromatic rings. The van der Waals surface area contributed by atoms with Gasteiger partial charge in [0.15, 0.2) is 0 Å². The largest absolute Gasteiger partial charge is 0.497 e. The van der Waals surface area contributed by atoms with Crippen molar-refractivity contribution >= 4 is 11.4 Å². The van der Waals surface area contributed by atoms with Gasteiger partial charge in [-0.05, 0) is 19.1 Å². The minimum Gasteiger partial charge on any atom is -0.497 e. The van der Waals surface area contributed by atoms with Gasteiger partial charge >= 0.3 is 0 Å². The highest BCUT2D eigenvalue weighted by atomic mass is 16.5. The molecule has 0 amide bonds. The molecule has 0 bridgehead atoms. The van der Waals surface area contributed by atoms with Crippen LogP contribution in [0.4, 0.5) is 11.4 Å². The quantitative estimate of drug-likeness (QED) is 0.853. The number of piperazine rings is 1. The van der Waals surface area contributed by atoms with E-state index in [9.17, 15) is 0 Å². The summed E-state index contributed by atoms with van der Waals surface area (Å²) in [5.41, 5.74) is 2.67. The van der Waals surface area contributed by atoms with Crippen LogP contribution < -0.4 is 19.9 Å². The number of fused-ring (bicyclic) bond motifs is 3. The Labute approximate surface area is 109 Å². The highest BCUT2D eigenvalue weighted by Gasteiger charge is 2.31. The predicted octanol–water partition coefficient (Wildman–Crippen LogP) is 1.31. The lowest BCUT2D eigenvalue weighted by atomic mass is 10.0. The van der Waals surface area contributed by atoms with Gasteiger partial charge in [-0.2, -0.15) is 0 Å². The first-order chi connectivity index (χ1) is 8.83. The molecule has 18 heavy (non-hydrogen) atoms. The minimum absolute atomic E-state index is 0.597. The summed E-state index contributed by atoms with van der Waals surface area (Å²) in [7, 11) is 1.73. The number of benzene rings is 1. The number of likely N-dealkylation sites (N-methyl/N-ethyl adjacent to an activating group) is 1. The van der Waals surface area contributed by atoms with Gasteiger partial charge in [0, 0.05) is 38.8 Å². The first-order valence-electron chi connectivity index (χ1n) is 6.74. The standard InChI is InChI=1S/C14H21N3O/c1-3-16-10-11-9-15-6-7-17(11)13-5-4-12(18-2)8-14(13)16/h4-5,8,11,15H,3,6-7,9-10H2,1-2H3. The zero-order valence-electron chi connectivity index (χ0n) is 11.1. The van der Waals surface area contributed by atoms with Crippen molar-refractivity contribution in [3.05, 3.63) is 18.2 Å². The summed E-state index contributed by atoms with van der Waals surface area (Å²) in [4.78, 5) is 4.99. The first kappa shape index (κ1) is 11.7. The van der Waals surface area contributed by atoms with Gasteiger partial charge in [-0.1, -0.05) is 0 Å². The van der Waals surface area contributed by atoms with Crippen LogP contribution in [-0.2, 0) is 0 Å². The van der Waals surface area contributed by atoms with Crippen molar-refractivity contribution in [1.29, 1.82) is 0 Å². The van der Waals surface area contributed by atoms with E-state index < -0.39 is 0 Å². The molecule has 1 aromatic carbocycles. The van der Waals surface area contributed by atoms with Crippen LogP contribution in [0, 0.1) is 0 Å². The van der Waals surface area contributed by atoms with Gasteiger partial charge in [-0.25, -0.2) is 0 Å². The zero-order valence-corrected chi connectivity index (χ0v) is 11.1. The van der Waals surface area contributed by atoms with Crippen LogP contribution in [0.15, 0.2) is 18.2 Å². The fourth-order valence-corrected chi connectivity index (χ4v) is 3.02. The van der Waals surface area contributed by atoms with Crippen molar-refractivity contribution in [2.24, 2.45) is 0 Å². The summed E-state index contributed by atoms with van der Waals surface area (Å²) in [5.74, 6) is 0.945. The van der Waals surface area contributed by atoms with E-state index in [4.69, 9.17) is 4.74 Å². The lowest BCUT2D eigenvalue weighted by Gasteiger charge is -2.47. The molecular formula is C14H21N3O. The Kier molecular flexibility index (Phi) is 3.04. The van der Waals surface area contributed by atoms with Gasteiger partial charge in [0.25, 0.3) is 0 Å². The van der Waals surface area contributed by atoms with Gasteiger partial charge in [0.2, 0.25) is 0 Å². The van der Waals surface area contributed by atoms with Crippen molar-refractivity contribution in [3.63, 3.8) is 0 Å². The third-order valence-electron chi connectivity index (χ3n) is 4.00. The average Bonchev–Trinajstić information content (AvgIpc) is 2.45. The lowest BCUT2D eigenvalue weighted by Crippen LogP contribution is -2.58. The monoisotopic (exact) mass is 247 g/mol. The fraction of sp³-hybridized carbons (Fsp3) is 0.571. The fourth-order valence-electron chi connectivity index (χ4n) is 3.02. The molecule has 3 rings (SSSR count). The summed E-state index contributed by atoms with van der Waals surface area (Å²) in [5, 5.41) is 3.49. The first-order valence-corrected chi connectivity index (χ1v) is 6.74. The number of nitrogens with one attached hydrogen (secondary N) is 1. The summed E-state index contributed by atoms with van der Waals surface area (Å²) in [6.07, 6.45) is 0. The molecule has 0 aliphatic carbocycles. The molecule has 0 saturated carbocycles. The van der Waals surface area contributed by atoms with Crippen LogP contribution in [0.2, 0.25) is 0 Å². The molecule has 98 valence electrons. The highest BCUT2D eigenvalue weighted by Crippen LogP contribution is 2.38. The number of methoxy groups -OCH3 is 1. The Morgan fingerprint density at radius 2 is 2.28 bits per heavy atom. The van der Waals surface area contributed by atoms with Gasteiger partial charge in [0.1, 0.15) is 5.75 Å². The molecular weight excluding hydrogens is 226 g/mol. The van der Waals surface area contributed by atoms with E-state index >= 15 is 0 Å². The Morgan fingerprint density at radius 3 is 3.06 bits per heavy atom. The summed E-state index contributed by atoms with van der Waals surface area (Å²) < 4.78 is 5.35. The molecule has 1 N–H and O–H groups in total. The van der Waals surface area contributed by atoms with E-state index in [1.807, 2.05) is 0 Å². The number of ether oxygens (including phenoxy) is 1. The third kappa shape index (κ3) is 1.81. The van der Waals surface area contributed by atoms with Crippen LogP contribution in [-0.4, -0.2) is 45.9 Å². The molecule has 0 radical (unpaired) electrons. The van der Waals surface area contributed by atoms with Crippen molar-refractivity contribution in [2.45, 2.75) is 13.0 Å². The minimum atomic E-state index is 0.597. The van der Waals surface area contributed by atoms with E-state index in [-0.39, 0.29) is 0 Å². The second-order valence-corrected chi connectivity index (χ2v) is 4.94. The molecule has 0 aromatic heterocycles. The Hall–Kier alpha value is -1.42. The van der Waals surface area contributed by atoms with Crippen molar-refractivity contribution in [1.82, 2.24) is 5.32 Å². The Balaban J connectivity index is 2.02. The lowest BCUT2D eigenvalue weighted by molar-refractivity contribution is 0.413. The van der Waals surface area contributed by atoms with Crippen molar-refractivity contribution in [3.8, 4) is 5.75 Å². The van der Waals surface area contributed by atoms with Gasteiger partial charge in [-0.3, -0.25) is 0 Å². The second kappa shape index (κ2) is 4.69. The Bertz CT molecular complexity index is 435. The summed E-state index contributed by atoms with van der Waals surface area (Å²) in [6, 6.07) is 7.03. The molecule has 4 heteroatoms. The van der Waals surface area contributed by atoms with Crippen LogP contribution >= 0.6 is 0 Å². The van der Waals surface area contributed by atoms with Crippen LogP contribution in [0.5, 0.6) is 5.75 Å². The molecule has 2 heterocycles. The molecule has 1 atom stereocenters. The number of hydrogen-bond acceptors (Lipinski definition) is 4. The van der Waals surface area contributed by atoms with E-state index in [0.29, 0.717) is 6.04 Å². The normalized spacial score (nSPS) is 22.4. The third-order valence-corrected chi connectivity index (χ3v) is 4.00. The highest BCUT2D eigenvalue weighted by molar-refractivity contribution is 5.76. The van der Waals surface area contributed by atoms with E-state index in [0.717, 1.165) is 38.5 Å². The molecule has 1 fully saturated rings. The SMILES string of the molecule is CCN1CC2CNCCN2c2ccc(OC)cc21. The van der Waals surface area contributed by atoms with Gasteiger partial charge in [-0.15, -0.1) is 0 Å². The van der Waals surface area contributed by atoms with Gasteiger partial charge in [0.05, 0.1) is 24.5 Å². The molecule has 1 unspecified atom stereocenters. The number of hydrogen-bond donors (Lipinski definition) is 1. The second-order valence-electron chi connectivity index (χ2n) is 4.94. The van der Waals surface area contributed by atoms with Crippen LogP contribution in [0.1, 0.15) is 6.92 Å². The van der Waals surface area contributed by atoms with Crippen LogP contribution in [0.3, 0.4) is 0 Å². The Morgan fingerprint density at radius 1 is 1.39 bits per heavy atom. The van der Waals surface area contributed by atoms with E-state index in [2.05, 4.69) is 40.2 Å². The zero-order chi connectivity index (χ0) is 12.5. The number of anilines is 2. The maximum absolute atomic E-state index is 5.35. The van der Waals surface area contributed by atoms with E-state index in [1.54, 1.807) is 7.11 Å². The number of nitrogens with zero attached hydrogens (tertiary/aromatic N) is 2. The number of rotatable bonds is 2. The predicted molar refractivity (Wildman–Crippen MR) is 74.9 cm³/mol. The summed E-state index contributed by atoms with van der Waals surface area (Å²) >= 11 is 0. The molecule has 4 nitrogen and oxygen atoms in total. The maximum Gasteiger partial charge on any atom is 0.121 e. The maximum atomic E-state index is 5.35. The van der Waals surface area contributed by atoms with Crippen molar-refractivity contribution < 1.29 is 4.74 Å². The van der Waals surface area contributed by atoms with Crippen molar-refractivity contribution in [2.75, 3.05) is 49.6 Å². The topological polar surface area (TPSA) is 27.7 Å². The van der Waals surface area contributed by atoms with Gasteiger partial charge < -0.3 is 19.9 Å². The molecule has 2 aliphatic heterocycles. The van der Waals surface area contributed by atoms with Crippen LogP contribution in [0.25, 0.3) is 0 Å². The summed E-state index contributed by atoms with van der Waals surface area (Å²) in [6.45, 7) is 7.63. The molecule has 1 saturated heterocycles. The smallest absolute Gasteiger partial charge is 0.121 e.